The molecule has 0 amide bonds. The van der Waals surface area contributed by atoms with Crippen LogP contribution in [0.15, 0.2) is 47.0 Å². The fourth-order valence-electron chi connectivity index (χ4n) is 1.99. The molecular weight excluding hydrogens is 236 g/mol. The van der Waals surface area contributed by atoms with Crippen molar-refractivity contribution < 1.29 is 4.52 Å². The van der Waals surface area contributed by atoms with Crippen molar-refractivity contribution in [2.75, 3.05) is 0 Å². The van der Waals surface area contributed by atoms with Gasteiger partial charge in [0.2, 0.25) is 11.7 Å². The third-order valence-electron chi connectivity index (χ3n) is 2.94. The van der Waals surface area contributed by atoms with Crippen LogP contribution in [0, 0.1) is 19.9 Å². The highest BCUT2D eigenvalue weighted by Crippen LogP contribution is 2.23. The van der Waals surface area contributed by atoms with E-state index in [4.69, 9.17) is 4.52 Å². The average molecular weight is 249 g/mol. The molecule has 3 nitrogen and oxygen atoms in total. The molecule has 93 valence electrons. The van der Waals surface area contributed by atoms with Gasteiger partial charge in [0.25, 0.3) is 0 Å². The Kier molecular flexibility index (Phi) is 2.88. The second-order valence-corrected chi connectivity index (χ2v) is 4.51. The Labute approximate surface area is 111 Å². The Morgan fingerprint density at radius 1 is 0.947 bits per heavy atom. The Hall–Kier alpha value is -2.42. The van der Waals surface area contributed by atoms with E-state index in [2.05, 4.69) is 41.3 Å². The van der Waals surface area contributed by atoms with Crippen LogP contribution >= 0.6 is 0 Å². The van der Waals surface area contributed by atoms with Crippen molar-refractivity contribution >= 4 is 0 Å². The van der Waals surface area contributed by atoms with Gasteiger partial charge in [-0.2, -0.15) is 4.98 Å². The Morgan fingerprint density at radius 2 is 1.68 bits per heavy atom. The predicted octanol–water partition coefficient (Wildman–Crippen LogP) is 3.82. The number of hydrogen-bond acceptors (Lipinski definition) is 3. The Bertz CT molecular complexity index is 699. The molecule has 0 bridgehead atoms. The Balaban J connectivity index is 1.95. The van der Waals surface area contributed by atoms with Gasteiger partial charge in [0, 0.05) is 12.5 Å². The first-order valence-corrected chi connectivity index (χ1v) is 6.11. The summed E-state index contributed by atoms with van der Waals surface area (Å²) in [6.07, 6.45) is 0. The summed E-state index contributed by atoms with van der Waals surface area (Å²) in [7, 11) is 0. The van der Waals surface area contributed by atoms with E-state index in [1.807, 2.05) is 24.3 Å². The number of nitrogens with zero attached hydrogens (tertiary/aromatic N) is 2. The van der Waals surface area contributed by atoms with Crippen molar-refractivity contribution in [2.45, 2.75) is 13.8 Å². The summed E-state index contributed by atoms with van der Waals surface area (Å²) in [5.41, 5.74) is 4.48. The molecule has 1 radical (unpaired) electrons. The zero-order valence-electron chi connectivity index (χ0n) is 10.8. The second-order valence-electron chi connectivity index (χ2n) is 4.51. The van der Waals surface area contributed by atoms with Gasteiger partial charge in [-0.3, -0.25) is 0 Å². The first-order valence-electron chi connectivity index (χ1n) is 6.11. The first kappa shape index (κ1) is 11.7. The van der Waals surface area contributed by atoms with Crippen LogP contribution in [0.25, 0.3) is 22.5 Å². The summed E-state index contributed by atoms with van der Waals surface area (Å²) in [5.74, 6) is 1.20. The number of rotatable bonds is 2. The third kappa shape index (κ3) is 2.40. The van der Waals surface area contributed by atoms with Gasteiger partial charge in [-0.05, 0) is 35.7 Å². The van der Waals surface area contributed by atoms with Crippen LogP contribution in [0.1, 0.15) is 11.5 Å². The molecule has 0 aliphatic heterocycles. The zero-order chi connectivity index (χ0) is 13.2. The van der Waals surface area contributed by atoms with Crippen LogP contribution in [0.4, 0.5) is 0 Å². The monoisotopic (exact) mass is 249 g/mol. The third-order valence-corrected chi connectivity index (χ3v) is 2.94. The lowest BCUT2D eigenvalue weighted by atomic mass is 10.0. The molecule has 3 heteroatoms. The van der Waals surface area contributed by atoms with E-state index in [0.717, 1.165) is 16.7 Å². The maximum absolute atomic E-state index is 4.98. The predicted molar refractivity (Wildman–Crippen MR) is 73.5 cm³/mol. The maximum atomic E-state index is 4.98. The summed E-state index contributed by atoms with van der Waals surface area (Å²) in [6.45, 7) is 3.85. The van der Waals surface area contributed by atoms with Crippen molar-refractivity contribution in [3.8, 4) is 22.5 Å². The Morgan fingerprint density at radius 3 is 2.32 bits per heavy atom. The molecule has 1 heterocycles. The average Bonchev–Trinajstić information content (AvgIpc) is 2.86. The molecular formula is C16H13N2O. The van der Waals surface area contributed by atoms with Gasteiger partial charge in [0.15, 0.2) is 0 Å². The summed E-state index contributed by atoms with van der Waals surface area (Å²) in [6, 6.07) is 17.4. The second kappa shape index (κ2) is 4.69. The number of aryl methyl sites for hydroxylation is 2. The molecule has 0 aliphatic carbocycles. The van der Waals surface area contributed by atoms with Crippen molar-refractivity contribution in [1.29, 1.82) is 0 Å². The van der Waals surface area contributed by atoms with Crippen LogP contribution in [-0.4, -0.2) is 10.1 Å². The largest absolute Gasteiger partial charge is 0.339 e. The van der Waals surface area contributed by atoms with E-state index in [1.54, 1.807) is 6.92 Å². The van der Waals surface area contributed by atoms with Gasteiger partial charge >= 0.3 is 0 Å². The SMILES string of the molecule is Cc1c[c]cc(-c2ccc(-c3noc(C)n3)cc2)c1. The zero-order valence-corrected chi connectivity index (χ0v) is 10.8. The van der Waals surface area contributed by atoms with E-state index in [0.29, 0.717) is 11.7 Å². The molecule has 0 spiro atoms. The van der Waals surface area contributed by atoms with Crippen LogP contribution in [-0.2, 0) is 0 Å². The van der Waals surface area contributed by atoms with E-state index in [9.17, 15) is 0 Å². The van der Waals surface area contributed by atoms with Crippen molar-refractivity contribution in [1.82, 2.24) is 10.1 Å². The van der Waals surface area contributed by atoms with Crippen LogP contribution < -0.4 is 0 Å². The minimum Gasteiger partial charge on any atom is -0.339 e. The van der Waals surface area contributed by atoms with E-state index in [1.165, 1.54) is 5.56 Å². The fourth-order valence-corrected chi connectivity index (χ4v) is 1.99. The lowest BCUT2D eigenvalue weighted by Gasteiger charge is -2.03. The molecule has 0 saturated carbocycles. The molecule has 0 atom stereocenters. The highest BCUT2D eigenvalue weighted by atomic mass is 16.5. The van der Waals surface area contributed by atoms with Gasteiger partial charge in [-0.25, -0.2) is 0 Å². The quantitative estimate of drug-likeness (QED) is 0.693. The topological polar surface area (TPSA) is 38.9 Å². The molecule has 3 rings (SSSR count). The van der Waals surface area contributed by atoms with Crippen molar-refractivity contribution in [3.05, 3.63) is 60.0 Å². The van der Waals surface area contributed by atoms with Gasteiger partial charge in [-0.15, -0.1) is 0 Å². The summed E-state index contributed by atoms with van der Waals surface area (Å²) in [4.78, 5) is 4.21. The highest BCUT2D eigenvalue weighted by Gasteiger charge is 2.05. The maximum Gasteiger partial charge on any atom is 0.223 e. The molecule has 0 fully saturated rings. The molecule has 3 aromatic rings. The van der Waals surface area contributed by atoms with Crippen LogP contribution in [0.3, 0.4) is 0 Å². The molecule has 0 unspecified atom stereocenters. The number of aromatic nitrogens is 2. The number of hydrogen-bond donors (Lipinski definition) is 0. The molecule has 1 aromatic heterocycles. The van der Waals surface area contributed by atoms with Gasteiger partial charge in [0.05, 0.1) is 0 Å². The molecule has 2 aromatic carbocycles. The van der Waals surface area contributed by atoms with Crippen molar-refractivity contribution in [2.24, 2.45) is 0 Å². The van der Waals surface area contributed by atoms with Gasteiger partial charge in [-0.1, -0.05) is 41.6 Å². The summed E-state index contributed by atoms with van der Waals surface area (Å²) < 4.78 is 4.98. The minimum absolute atomic E-state index is 0.576. The van der Waals surface area contributed by atoms with Gasteiger partial charge in [0.1, 0.15) is 0 Å². The normalized spacial score (nSPS) is 10.6. The van der Waals surface area contributed by atoms with E-state index < -0.39 is 0 Å². The van der Waals surface area contributed by atoms with Crippen molar-refractivity contribution in [3.63, 3.8) is 0 Å². The van der Waals surface area contributed by atoms with E-state index in [-0.39, 0.29) is 0 Å². The molecule has 0 N–H and O–H groups in total. The molecule has 0 saturated heterocycles. The summed E-state index contributed by atoms with van der Waals surface area (Å²) >= 11 is 0. The fraction of sp³-hybridized carbons (Fsp3) is 0.125. The van der Waals surface area contributed by atoms with Crippen LogP contribution in [0.2, 0.25) is 0 Å². The molecule has 0 aliphatic rings. The first-order chi connectivity index (χ1) is 9.22. The number of benzene rings is 2. The smallest absolute Gasteiger partial charge is 0.223 e. The standard InChI is InChI=1S/C16H13N2O/c1-11-4-3-5-15(10-11)13-6-8-14(9-7-13)16-17-12(2)19-18-16/h4-10H,1-2H3. The minimum atomic E-state index is 0.576. The van der Waals surface area contributed by atoms with Crippen LogP contribution in [0.5, 0.6) is 0 Å². The molecule has 19 heavy (non-hydrogen) atoms. The lowest BCUT2D eigenvalue weighted by molar-refractivity contribution is 0.394. The lowest BCUT2D eigenvalue weighted by Crippen LogP contribution is -1.83. The highest BCUT2D eigenvalue weighted by molar-refractivity contribution is 5.67. The van der Waals surface area contributed by atoms with Gasteiger partial charge < -0.3 is 4.52 Å². The van der Waals surface area contributed by atoms with E-state index >= 15 is 0 Å². The summed E-state index contributed by atoms with van der Waals surface area (Å²) in [5, 5.41) is 3.91.